The van der Waals surface area contributed by atoms with E-state index in [0.29, 0.717) is 17.1 Å². The first-order valence-electron chi connectivity index (χ1n) is 14.3. The molecule has 3 aromatic rings. The molecule has 0 aliphatic heterocycles. The third kappa shape index (κ3) is 8.65. The van der Waals surface area contributed by atoms with E-state index in [1.807, 2.05) is 6.92 Å². The van der Waals surface area contributed by atoms with Crippen molar-refractivity contribution in [3.63, 3.8) is 0 Å². The Morgan fingerprint density at radius 1 is 1.07 bits per heavy atom. The summed E-state index contributed by atoms with van der Waals surface area (Å²) in [6.45, 7) is 4.75. The minimum atomic E-state index is -4.64. The van der Waals surface area contributed by atoms with Gasteiger partial charge in [0.05, 0.1) is 22.6 Å². The normalized spacial score (nSPS) is 11.9. The molecule has 3 aromatic carbocycles. The van der Waals surface area contributed by atoms with Crippen LogP contribution in [0.25, 0.3) is 0 Å². The highest BCUT2D eigenvalue weighted by atomic mass is 35.5. The highest BCUT2D eigenvalue weighted by Gasteiger charge is 2.35. The van der Waals surface area contributed by atoms with E-state index < -0.39 is 49.9 Å². The fourth-order valence-electron chi connectivity index (χ4n) is 4.68. The molecule has 1 N–H and O–H groups in total. The molecule has 0 saturated heterocycles. The van der Waals surface area contributed by atoms with Crippen LogP contribution in [-0.2, 0) is 26.2 Å². The number of nitro groups is 1. The van der Waals surface area contributed by atoms with Crippen LogP contribution in [0.3, 0.4) is 0 Å². The minimum Gasteiger partial charge on any atom is -0.495 e. The summed E-state index contributed by atoms with van der Waals surface area (Å²) in [6, 6.07) is 13.6. The second kappa shape index (κ2) is 15.9. The predicted octanol–water partition coefficient (Wildman–Crippen LogP) is 6.14. The summed E-state index contributed by atoms with van der Waals surface area (Å²) in [6.07, 6.45) is 1.82. The highest BCUT2D eigenvalue weighted by molar-refractivity contribution is 7.92. The number of sulfonamides is 1. The second-order valence-electron chi connectivity index (χ2n) is 10.2. The number of halogens is 2. The van der Waals surface area contributed by atoms with Gasteiger partial charge in [0.25, 0.3) is 15.7 Å². The Morgan fingerprint density at radius 3 is 2.40 bits per heavy atom. The Kier molecular flexibility index (Phi) is 12.6. The van der Waals surface area contributed by atoms with Crippen molar-refractivity contribution in [1.82, 2.24) is 10.2 Å². The summed E-state index contributed by atoms with van der Waals surface area (Å²) in [5.41, 5.74) is 0.333. The zero-order valence-electron chi connectivity index (χ0n) is 25.5. The Balaban J connectivity index is 2.18. The largest absolute Gasteiger partial charge is 0.495 e. The molecule has 0 spiro atoms. The van der Waals surface area contributed by atoms with Gasteiger partial charge in [0, 0.05) is 34.8 Å². The average molecular weight is 680 g/mol. The number of nitrogens with one attached hydrogen (secondary N) is 1. The first-order valence-corrected chi connectivity index (χ1v) is 16.5. The van der Waals surface area contributed by atoms with Crippen molar-refractivity contribution in [2.45, 2.75) is 57.5 Å². The first kappa shape index (κ1) is 35.6. The number of rotatable bonds is 15. The molecule has 0 heterocycles. The maximum absolute atomic E-state index is 14.3. The van der Waals surface area contributed by atoms with Crippen molar-refractivity contribution in [1.29, 1.82) is 0 Å². The van der Waals surface area contributed by atoms with E-state index in [1.54, 1.807) is 31.2 Å². The van der Waals surface area contributed by atoms with E-state index in [-0.39, 0.29) is 35.0 Å². The molecule has 0 aliphatic carbocycles. The van der Waals surface area contributed by atoms with Crippen LogP contribution in [0.1, 0.15) is 44.2 Å². The molecule has 0 aromatic heterocycles. The van der Waals surface area contributed by atoms with Gasteiger partial charge in [-0.3, -0.25) is 24.0 Å². The van der Waals surface area contributed by atoms with E-state index in [0.717, 1.165) is 23.2 Å². The van der Waals surface area contributed by atoms with Gasteiger partial charge in [0.2, 0.25) is 11.8 Å². The summed E-state index contributed by atoms with van der Waals surface area (Å²) in [5, 5.41) is 15.1. The van der Waals surface area contributed by atoms with Crippen LogP contribution in [0.5, 0.6) is 5.75 Å². The van der Waals surface area contributed by atoms with Crippen LogP contribution < -0.4 is 14.4 Å². The number of benzene rings is 3. The van der Waals surface area contributed by atoms with Crippen LogP contribution in [0.15, 0.2) is 65.6 Å². The molecule has 0 fully saturated rings. The molecule has 0 unspecified atom stereocenters. The topological polar surface area (TPSA) is 139 Å². The summed E-state index contributed by atoms with van der Waals surface area (Å²) in [4.78, 5) is 39.5. The van der Waals surface area contributed by atoms with Gasteiger partial charge >= 0.3 is 0 Å². The van der Waals surface area contributed by atoms with Crippen molar-refractivity contribution in [3.8, 4) is 5.75 Å². The van der Waals surface area contributed by atoms with E-state index in [1.165, 1.54) is 49.3 Å². The zero-order chi connectivity index (χ0) is 33.3. The molecule has 3 rings (SSSR count). The molecule has 14 heteroatoms. The van der Waals surface area contributed by atoms with Gasteiger partial charge in [0.15, 0.2) is 0 Å². The van der Waals surface area contributed by atoms with Crippen LogP contribution in [0, 0.1) is 17.0 Å². The van der Waals surface area contributed by atoms with Gasteiger partial charge < -0.3 is 15.0 Å². The first-order chi connectivity index (χ1) is 21.3. The number of aryl methyl sites for hydroxylation is 1. The number of methoxy groups -OCH3 is 1. The summed E-state index contributed by atoms with van der Waals surface area (Å²) in [7, 11) is -3.31. The zero-order valence-corrected chi connectivity index (χ0v) is 27.8. The fourth-order valence-corrected chi connectivity index (χ4v) is 6.48. The van der Waals surface area contributed by atoms with Gasteiger partial charge in [-0.1, -0.05) is 67.7 Å². The van der Waals surface area contributed by atoms with E-state index in [4.69, 9.17) is 27.9 Å². The van der Waals surface area contributed by atoms with E-state index >= 15 is 0 Å². The SMILES string of the molecule is CCCCNC(=O)[C@@H](CC)N(Cc1ccccc1Cl)C(=O)CN(c1cc(Cl)ccc1OC)S(=O)(=O)c1ccc(C)c([N+](=O)[O-])c1. The third-order valence-corrected chi connectivity index (χ3v) is 9.53. The molecule has 1 atom stereocenters. The van der Waals surface area contributed by atoms with Crippen molar-refractivity contribution in [3.05, 3.63) is 92.0 Å². The summed E-state index contributed by atoms with van der Waals surface area (Å²) in [5.74, 6) is -1.03. The average Bonchev–Trinajstić information content (AvgIpc) is 3.00. The lowest BCUT2D eigenvalue weighted by Crippen LogP contribution is -2.52. The molecule has 45 heavy (non-hydrogen) atoms. The Morgan fingerprint density at radius 2 is 1.78 bits per heavy atom. The van der Waals surface area contributed by atoms with Crippen LogP contribution >= 0.6 is 23.2 Å². The lowest BCUT2D eigenvalue weighted by atomic mass is 10.1. The molecule has 242 valence electrons. The number of nitrogens with zero attached hydrogens (tertiary/aromatic N) is 3. The maximum atomic E-state index is 14.3. The van der Waals surface area contributed by atoms with Crippen molar-refractivity contribution in [2.75, 3.05) is 24.5 Å². The number of unbranched alkanes of at least 4 members (excludes halogenated alkanes) is 1. The van der Waals surface area contributed by atoms with Gasteiger partial charge in [-0.2, -0.15) is 0 Å². The van der Waals surface area contributed by atoms with E-state index in [2.05, 4.69) is 5.32 Å². The van der Waals surface area contributed by atoms with Gasteiger partial charge in [0.1, 0.15) is 18.3 Å². The Hall–Kier alpha value is -3.87. The molecule has 0 radical (unpaired) electrons. The standard InChI is InChI=1S/C31H36Cl2N4O7S/c1-5-7-16-34-31(39)26(6-2)35(19-22-10-8-9-11-25(22)33)30(38)20-36(28-17-23(32)13-15-29(28)44-4)45(42,43)24-14-12-21(3)27(18-24)37(40)41/h8-15,17-18,26H,5-7,16,19-20H2,1-4H3,(H,34,39)/t26-/m1/s1. The number of amides is 2. The van der Waals surface area contributed by atoms with Gasteiger partial charge in [-0.25, -0.2) is 8.42 Å². The molecule has 11 nitrogen and oxygen atoms in total. The highest BCUT2D eigenvalue weighted by Crippen LogP contribution is 2.36. The van der Waals surface area contributed by atoms with Gasteiger partial charge in [-0.05, 0) is 55.7 Å². The van der Waals surface area contributed by atoms with E-state index in [9.17, 15) is 28.1 Å². The number of ether oxygens (including phenoxy) is 1. The monoisotopic (exact) mass is 678 g/mol. The summed E-state index contributed by atoms with van der Waals surface area (Å²) >= 11 is 12.7. The van der Waals surface area contributed by atoms with Crippen LogP contribution in [0.4, 0.5) is 11.4 Å². The maximum Gasteiger partial charge on any atom is 0.273 e. The Labute approximate surface area is 273 Å². The van der Waals surface area contributed by atoms with Crippen molar-refractivity contribution >= 4 is 56.4 Å². The Bertz CT molecular complexity index is 1650. The lowest BCUT2D eigenvalue weighted by molar-refractivity contribution is -0.385. The van der Waals surface area contributed by atoms with Crippen LogP contribution in [-0.4, -0.2) is 56.3 Å². The third-order valence-electron chi connectivity index (χ3n) is 7.17. The summed E-state index contributed by atoms with van der Waals surface area (Å²) < 4.78 is 34.7. The molecule has 0 saturated carbocycles. The fraction of sp³-hybridized carbons (Fsp3) is 0.355. The smallest absolute Gasteiger partial charge is 0.273 e. The molecule has 0 bridgehead atoms. The number of hydrogen-bond acceptors (Lipinski definition) is 7. The molecule has 0 aliphatic rings. The van der Waals surface area contributed by atoms with Crippen molar-refractivity contribution < 1.29 is 27.7 Å². The number of carbonyl (C=O) groups is 2. The quantitative estimate of drug-likeness (QED) is 0.116. The second-order valence-corrected chi connectivity index (χ2v) is 12.9. The number of nitro benzene ring substituents is 1. The predicted molar refractivity (Wildman–Crippen MR) is 174 cm³/mol. The molecule has 2 amide bonds. The number of hydrogen-bond donors (Lipinski definition) is 1. The minimum absolute atomic E-state index is 0.0697. The van der Waals surface area contributed by atoms with Crippen molar-refractivity contribution in [2.24, 2.45) is 0 Å². The number of carbonyl (C=O) groups excluding carboxylic acids is 2. The molecular formula is C31H36Cl2N4O7S. The number of anilines is 1. The van der Waals surface area contributed by atoms with Gasteiger partial charge in [-0.15, -0.1) is 0 Å². The molecular weight excluding hydrogens is 643 g/mol. The lowest BCUT2D eigenvalue weighted by Gasteiger charge is -2.33. The van der Waals surface area contributed by atoms with Crippen LogP contribution in [0.2, 0.25) is 10.0 Å².